The summed E-state index contributed by atoms with van der Waals surface area (Å²) in [6.07, 6.45) is 0. The van der Waals surface area contributed by atoms with Crippen molar-refractivity contribution in [1.29, 1.82) is 0 Å². The molecule has 108 valence electrons. The quantitative estimate of drug-likeness (QED) is 0.773. The number of pyridine rings is 1. The number of rotatable bonds is 2. The van der Waals surface area contributed by atoms with Crippen LogP contribution in [0.1, 0.15) is 12.5 Å². The summed E-state index contributed by atoms with van der Waals surface area (Å²) in [7, 11) is 1.90. The lowest BCUT2D eigenvalue weighted by Gasteiger charge is -2.34. The molecule has 5 nitrogen and oxygen atoms in total. The first-order chi connectivity index (χ1) is 9.61. The molecule has 0 aromatic carbocycles. The third-order valence-corrected chi connectivity index (χ3v) is 4.44. The minimum Gasteiger partial charge on any atom is -0.377 e. The smallest absolute Gasteiger partial charge is 0.154 e. The number of fused-ring (bicyclic) bond motifs is 1. The Balaban J connectivity index is 2.14. The van der Waals surface area contributed by atoms with Crippen LogP contribution >= 0.6 is 27.5 Å². The van der Waals surface area contributed by atoms with E-state index in [1.807, 2.05) is 11.7 Å². The zero-order valence-electron chi connectivity index (χ0n) is 11.4. The molecule has 0 N–H and O–H groups in total. The van der Waals surface area contributed by atoms with Gasteiger partial charge in [-0.3, -0.25) is 4.68 Å². The number of ether oxygens (including phenoxy) is 1. The fraction of sp³-hybridized carbons (Fsp3) is 0.538. The highest BCUT2D eigenvalue weighted by Crippen LogP contribution is 2.29. The van der Waals surface area contributed by atoms with Crippen molar-refractivity contribution in [3.8, 4) is 0 Å². The molecule has 1 aliphatic rings. The van der Waals surface area contributed by atoms with Crippen molar-refractivity contribution in [3.05, 3.63) is 16.2 Å². The van der Waals surface area contributed by atoms with Crippen LogP contribution in [0, 0.1) is 0 Å². The summed E-state index contributed by atoms with van der Waals surface area (Å²) in [5.41, 5.74) is 2.89. The van der Waals surface area contributed by atoms with Crippen molar-refractivity contribution in [2.45, 2.75) is 18.8 Å². The minimum absolute atomic E-state index is 0.312. The summed E-state index contributed by atoms with van der Waals surface area (Å²) >= 11 is 9.58. The number of aromatic nitrogens is 3. The van der Waals surface area contributed by atoms with E-state index in [4.69, 9.17) is 21.3 Å². The zero-order valence-corrected chi connectivity index (χ0v) is 13.8. The molecule has 3 heterocycles. The monoisotopic (exact) mass is 358 g/mol. The highest BCUT2D eigenvalue weighted by Gasteiger charge is 2.23. The van der Waals surface area contributed by atoms with Gasteiger partial charge in [-0.15, -0.1) is 11.6 Å². The second-order valence-corrected chi connectivity index (χ2v) is 6.02. The van der Waals surface area contributed by atoms with E-state index in [1.165, 1.54) is 0 Å². The highest BCUT2D eigenvalue weighted by atomic mass is 79.9. The van der Waals surface area contributed by atoms with Crippen molar-refractivity contribution < 1.29 is 4.74 Å². The summed E-state index contributed by atoms with van der Waals surface area (Å²) in [5, 5.41) is 4.37. The van der Waals surface area contributed by atoms with E-state index in [0.29, 0.717) is 11.9 Å². The van der Waals surface area contributed by atoms with Crippen LogP contribution in [-0.2, 0) is 17.7 Å². The van der Waals surface area contributed by atoms with E-state index in [-0.39, 0.29) is 0 Å². The Bertz CT molecular complexity index is 645. The van der Waals surface area contributed by atoms with Gasteiger partial charge < -0.3 is 9.64 Å². The van der Waals surface area contributed by atoms with Crippen LogP contribution in [-0.4, -0.2) is 40.6 Å². The fourth-order valence-electron chi connectivity index (χ4n) is 2.63. The Morgan fingerprint density at radius 3 is 3.05 bits per heavy atom. The molecule has 1 aliphatic heterocycles. The number of nitrogens with zero attached hydrogens (tertiary/aromatic N) is 4. The second-order valence-electron chi connectivity index (χ2n) is 5.00. The Kier molecular flexibility index (Phi) is 3.88. The first kappa shape index (κ1) is 14.1. The van der Waals surface area contributed by atoms with Crippen molar-refractivity contribution in [2.75, 3.05) is 24.7 Å². The number of morpholine rings is 1. The van der Waals surface area contributed by atoms with Crippen LogP contribution in [0.2, 0.25) is 0 Å². The number of hydrogen-bond donors (Lipinski definition) is 0. The van der Waals surface area contributed by atoms with Crippen LogP contribution in [0.25, 0.3) is 11.0 Å². The fourth-order valence-corrected chi connectivity index (χ4v) is 3.34. The van der Waals surface area contributed by atoms with Crippen LogP contribution in [0.3, 0.4) is 0 Å². The average Bonchev–Trinajstić information content (AvgIpc) is 2.74. The third-order valence-electron chi connectivity index (χ3n) is 3.62. The molecule has 2 aromatic rings. The number of aryl methyl sites for hydroxylation is 1. The van der Waals surface area contributed by atoms with Crippen molar-refractivity contribution >= 4 is 44.4 Å². The van der Waals surface area contributed by atoms with Crippen LogP contribution < -0.4 is 4.90 Å². The van der Waals surface area contributed by atoms with Crippen LogP contribution in [0.15, 0.2) is 10.7 Å². The van der Waals surface area contributed by atoms with Gasteiger partial charge in [-0.1, -0.05) is 0 Å². The molecular formula is C13H16BrClN4O. The molecule has 0 amide bonds. The van der Waals surface area contributed by atoms with E-state index in [2.05, 4.69) is 38.9 Å². The molecule has 0 radical (unpaired) electrons. The third kappa shape index (κ3) is 2.29. The lowest BCUT2D eigenvalue weighted by atomic mass is 10.2. The molecule has 1 fully saturated rings. The molecular weight excluding hydrogens is 344 g/mol. The summed E-state index contributed by atoms with van der Waals surface area (Å²) in [4.78, 5) is 7.02. The van der Waals surface area contributed by atoms with Crippen molar-refractivity contribution in [2.24, 2.45) is 7.05 Å². The number of hydrogen-bond acceptors (Lipinski definition) is 4. The number of halogens is 2. The zero-order chi connectivity index (χ0) is 14.3. The Morgan fingerprint density at radius 2 is 2.35 bits per heavy atom. The van der Waals surface area contributed by atoms with E-state index < -0.39 is 0 Å². The van der Waals surface area contributed by atoms with Crippen LogP contribution in [0.4, 0.5) is 5.82 Å². The normalized spacial score (nSPS) is 19.8. The SMILES string of the molecule is C[C@@H]1COCCN1c1cc(CCl)c2c(n1)c(Br)nn2C. The minimum atomic E-state index is 0.312. The van der Waals surface area contributed by atoms with Gasteiger partial charge >= 0.3 is 0 Å². The maximum absolute atomic E-state index is 6.11. The van der Waals surface area contributed by atoms with E-state index in [1.54, 1.807) is 0 Å². The van der Waals surface area contributed by atoms with Gasteiger partial charge in [0.05, 0.1) is 24.8 Å². The summed E-state index contributed by atoms with van der Waals surface area (Å²) in [5.74, 6) is 1.38. The Hall–Kier alpha value is -0.850. The molecule has 1 saturated heterocycles. The standard InChI is InChI=1S/C13H16BrClN4O/c1-8-7-20-4-3-19(8)10-5-9(6-15)12-11(16-10)13(14)17-18(12)2/h5,8H,3-4,6-7H2,1-2H3/t8-/m1/s1. The lowest BCUT2D eigenvalue weighted by Crippen LogP contribution is -2.44. The van der Waals surface area contributed by atoms with Gasteiger partial charge in [-0.25, -0.2) is 4.98 Å². The van der Waals surface area contributed by atoms with Crippen LogP contribution in [0.5, 0.6) is 0 Å². The van der Waals surface area contributed by atoms with Gasteiger partial charge in [-0.2, -0.15) is 5.10 Å². The maximum atomic E-state index is 6.11. The van der Waals surface area contributed by atoms with Gasteiger partial charge in [0.2, 0.25) is 0 Å². The van der Waals surface area contributed by atoms with Gasteiger partial charge in [0.1, 0.15) is 11.3 Å². The largest absolute Gasteiger partial charge is 0.377 e. The Morgan fingerprint density at radius 1 is 1.55 bits per heavy atom. The molecule has 0 bridgehead atoms. The predicted molar refractivity (Wildman–Crippen MR) is 83.4 cm³/mol. The molecule has 20 heavy (non-hydrogen) atoms. The highest BCUT2D eigenvalue weighted by molar-refractivity contribution is 9.10. The van der Waals surface area contributed by atoms with Gasteiger partial charge in [0.15, 0.2) is 4.60 Å². The summed E-state index contributed by atoms with van der Waals surface area (Å²) < 4.78 is 8.05. The second kappa shape index (κ2) is 5.50. The maximum Gasteiger partial charge on any atom is 0.154 e. The first-order valence-electron chi connectivity index (χ1n) is 6.54. The molecule has 0 saturated carbocycles. The lowest BCUT2D eigenvalue weighted by molar-refractivity contribution is 0.0985. The van der Waals surface area contributed by atoms with E-state index >= 15 is 0 Å². The topological polar surface area (TPSA) is 43.2 Å². The average molecular weight is 360 g/mol. The van der Waals surface area contributed by atoms with Gasteiger partial charge in [0, 0.05) is 19.5 Å². The van der Waals surface area contributed by atoms with E-state index in [0.717, 1.165) is 46.8 Å². The van der Waals surface area contributed by atoms with Crippen molar-refractivity contribution in [3.63, 3.8) is 0 Å². The number of anilines is 1. The van der Waals surface area contributed by atoms with Crippen molar-refractivity contribution in [1.82, 2.24) is 14.8 Å². The molecule has 2 aromatic heterocycles. The van der Waals surface area contributed by atoms with E-state index in [9.17, 15) is 0 Å². The van der Waals surface area contributed by atoms with Gasteiger partial charge in [0.25, 0.3) is 0 Å². The summed E-state index contributed by atoms with van der Waals surface area (Å²) in [6, 6.07) is 2.37. The summed E-state index contributed by atoms with van der Waals surface area (Å²) in [6.45, 7) is 4.45. The predicted octanol–water partition coefficient (Wildman–Crippen LogP) is 2.69. The first-order valence-corrected chi connectivity index (χ1v) is 7.87. The molecule has 7 heteroatoms. The molecule has 3 rings (SSSR count). The molecule has 0 unspecified atom stereocenters. The molecule has 0 spiro atoms. The molecule has 1 atom stereocenters. The Labute approximate surface area is 131 Å². The number of alkyl halides is 1. The molecule has 0 aliphatic carbocycles. The van der Waals surface area contributed by atoms with Gasteiger partial charge in [-0.05, 0) is 34.5 Å².